The van der Waals surface area contributed by atoms with Crippen molar-refractivity contribution in [3.63, 3.8) is 0 Å². The zero-order valence-corrected chi connectivity index (χ0v) is 14.6. The Morgan fingerprint density at radius 1 is 1.31 bits per heavy atom. The second-order valence-electron chi connectivity index (χ2n) is 6.33. The van der Waals surface area contributed by atoms with Crippen LogP contribution in [0.4, 0.5) is 4.79 Å². The molecule has 0 saturated carbocycles. The Morgan fingerprint density at radius 3 is 2.73 bits per heavy atom. The van der Waals surface area contributed by atoms with Crippen LogP contribution in [-0.2, 0) is 11.8 Å². The highest BCUT2D eigenvalue weighted by Crippen LogP contribution is 2.26. The fourth-order valence-corrected chi connectivity index (χ4v) is 3.26. The summed E-state index contributed by atoms with van der Waals surface area (Å²) in [5, 5.41) is 6.74. The first-order valence-corrected chi connectivity index (χ1v) is 8.50. The van der Waals surface area contributed by atoms with Gasteiger partial charge in [0.1, 0.15) is 5.82 Å². The molecule has 9 nitrogen and oxygen atoms in total. The van der Waals surface area contributed by atoms with Gasteiger partial charge < -0.3 is 16.0 Å². The van der Waals surface area contributed by atoms with Gasteiger partial charge in [-0.25, -0.2) is 18.8 Å². The van der Waals surface area contributed by atoms with E-state index in [1.807, 2.05) is 30.3 Å². The summed E-state index contributed by atoms with van der Waals surface area (Å²) in [4.78, 5) is 37.3. The topological polar surface area (TPSA) is 115 Å². The van der Waals surface area contributed by atoms with Crippen LogP contribution in [0.2, 0.25) is 0 Å². The minimum absolute atomic E-state index is 0.0598. The van der Waals surface area contributed by atoms with Crippen molar-refractivity contribution in [2.24, 2.45) is 12.8 Å². The summed E-state index contributed by atoms with van der Waals surface area (Å²) in [5.41, 5.74) is 5.55. The van der Waals surface area contributed by atoms with Gasteiger partial charge in [0.25, 0.3) is 0 Å². The van der Waals surface area contributed by atoms with E-state index in [4.69, 9.17) is 5.73 Å². The molecule has 26 heavy (non-hydrogen) atoms. The molecule has 3 rings (SSSR count). The van der Waals surface area contributed by atoms with E-state index in [1.165, 1.54) is 4.68 Å². The van der Waals surface area contributed by atoms with Crippen LogP contribution < -0.4 is 16.7 Å². The van der Waals surface area contributed by atoms with Crippen LogP contribution >= 0.6 is 0 Å². The first kappa shape index (κ1) is 17.7. The summed E-state index contributed by atoms with van der Waals surface area (Å²) in [7, 11) is 1.62. The van der Waals surface area contributed by atoms with Gasteiger partial charge in [-0.3, -0.25) is 4.79 Å². The summed E-state index contributed by atoms with van der Waals surface area (Å²) in [5.74, 6) is 0.387. The molecule has 1 aliphatic heterocycles. The smallest absolute Gasteiger partial charge is 0.350 e. The molecule has 0 radical (unpaired) electrons. The molecule has 1 aliphatic rings. The molecular weight excluding hydrogens is 336 g/mol. The maximum Gasteiger partial charge on any atom is 0.350 e. The lowest BCUT2D eigenvalue weighted by molar-refractivity contribution is -0.131. The maximum absolute atomic E-state index is 12.5. The molecule has 138 valence electrons. The first-order chi connectivity index (χ1) is 12.5. The van der Waals surface area contributed by atoms with E-state index in [9.17, 15) is 14.4 Å². The fraction of sp³-hybridized carbons (Fsp3) is 0.412. The van der Waals surface area contributed by atoms with Gasteiger partial charge in [0.2, 0.25) is 5.91 Å². The fourth-order valence-electron chi connectivity index (χ4n) is 3.26. The highest BCUT2D eigenvalue weighted by molar-refractivity contribution is 5.83. The molecule has 2 heterocycles. The van der Waals surface area contributed by atoms with Gasteiger partial charge in [-0.05, 0) is 25.0 Å². The van der Waals surface area contributed by atoms with Crippen molar-refractivity contribution in [3.8, 4) is 5.69 Å². The van der Waals surface area contributed by atoms with Gasteiger partial charge >= 0.3 is 11.7 Å². The second kappa shape index (κ2) is 7.42. The number of nitrogens with zero attached hydrogens (tertiary/aromatic N) is 4. The Bertz CT molecular complexity index is 857. The van der Waals surface area contributed by atoms with Crippen molar-refractivity contribution in [2.75, 3.05) is 19.6 Å². The quantitative estimate of drug-likeness (QED) is 0.797. The number of urea groups is 1. The number of nitrogens with one attached hydrogen (secondary N) is 1. The predicted molar refractivity (Wildman–Crippen MR) is 94.9 cm³/mol. The highest BCUT2D eigenvalue weighted by atomic mass is 16.2. The highest BCUT2D eigenvalue weighted by Gasteiger charge is 2.29. The van der Waals surface area contributed by atoms with Crippen LogP contribution in [0, 0.1) is 0 Å². The lowest BCUT2D eigenvalue weighted by atomic mass is 9.97. The Morgan fingerprint density at radius 2 is 2.04 bits per heavy atom. The zero-order chi connectivity index (χ0) is 18.7. The molecule has 0 spiro atoms. The second-order valence-corrected chi connectivity index (χ2v) is 6.33. The zero-order valence-electron chi connectivity index (χ0n) is 14.6. The average Bonchev–Trinajstić information content (AvgIpc) is 2.95. The molecule has 0 unspecified atom stereocenters. The van der Waals surface area contributed by atoms with Crippen LogP contribution in [0.5, 0.6) is 0 Å². The maximum atomic E-state index is 12.5. The van der Waals surface area contributed by atoms with Crippen LogP contribution in [0.15, 0.2) is 35.1 Å². The molecule has 0 bridgehead atoms. The minimum atomic E-state index is -0.727. The number of amides is 3. The molecule has 1 saturated heterocycles. The summed E-state index contributed by atoms with van der Waals surface area (Å²) < 4.78 is 2.91. The third-order valence-electron chi connectivity index (χ3n) is 4.52. The number of likely N-dealkylation sites (tertiary alicyclic amines) is 1. The van der Waals surface area contributed by atoms with Crippen LogP contribution in [0.3, 0.4) is 0 Å². The Labute approximate surface area is 150 Å². The molecule has 1 fully saturated rings. The first-order valence-electron chi connectivity index (χ1n) is 8.50. The Balaban J connectivity index is 1.85. The van der Waals surface area contributed by atoms with E-state index < -0.39 is 6.03 Å². The van der Waals surface area contributed by atoms with Gasteiger partial charge in [-0.1, -0.05) is 18.2 Å². The number of aromatic nitrogens is 3. The monoisotopic (exact) mass is 358 g/mol. The molecule has 1 atom stereocenters. The third kappa shape index (κ3) is 3.61. The molecule has 9 heteroatoms. The number of para-hydroxylation sites is 1. The van der Waals surface area contributed by atoms with E-state index in [-0.39, 0.29) is 24.1 Å². The van der Waals surface area contributed by atoms with Crippen molar-refractivity contribution >= 4 is 11.9 Å². The van der Waals surface area contributed by atoms with Gasteiger partial charge in [0.05, 0.1) is 12.2 Å². The summed E-state index contributed by atoms with van der Waals surface area (Å²) in [6.07, 6.45) is 1.63. The van der Waals surface area contributed by atoms with Gasteiger partial charge in [0, 0.05) is 26.1 Å². The molecule has 3 N–H and O–H groups in total. The van der Waals surface area contributed by atoms with Crippen molar-refractivity contribution in [2.45, 2.75) is 18.8 Å². The predicted octanol–water partition coefficient (Wildman–Crippen LogP) is -0.0547. The molecule has 1 aromatic heterocycles. The molecular formula is C17H22N6O3. The molecule has 0 aliphatic carbocycles. The molecule has 1 aromatic carbocycles. The lowest BCUT2D eigenvalue weighted by Gasteiger charge is -2.32. The van der Waals surface area contributed by atoms with E-state index in [0.29, 0.717) is 18.9 Å². The van der Waals surface area contributed by atoms with Crippen LogP contribution in [-0.4, -0.2) is 50.8 Å². The SMILES string of the molecule is Cn1nc([C@@H]2CCCN(C(=O)CNC(N)=O)C2)n(-c2ccccc2)c1=O. The lowest BCUT2D eigenvalue weighted by Crippen LogP contribution is -2.45. The van der Waals surface area contributed by atoms with E-state index in [1.54, 1.807) is 16.5 Å². The standard InChI is InChI=1S/C17H22N6O3/c1-21-17(26)23(13-7-3-2-4-8-13)15(20-21)12-6-5-9-22(11-12)14(24)10-19-16(18)25/h2-4,7-8,12H,5-6,9-11H2,1H3,(H3,18,19,25)/t12-/m1/s1. The van der Waals surface area contributed by atoms with Crippen LogP contribution in [0.1, 0.15) is 24.6 Å². The number of benzene rings is 1. The van der Waals surface area contributed by atoms with Crippen LogP contribution in [0.25, 0.3) is 5.69 Å². The largest absolute Gasteiger partial charge is 0.352 e. The number of hydrogen-bond acceptors (Lipinski definition) is 4. The third-order valence-corrected chi connectivity index (χ3v) is 4.52. The van der Waals surface area contributed by atoms with Crippen molar-refractivity contribution in [3.05, 3.63) is 46.6 Å². The van der Waals surface area contributed by atoms with E-state index >= 15 is 0 Å². The van der Waals surface area contributed by atoms with E-state index in [2.05, 4.69) is 10.4 Å². The van der Waals surface area contributed by atoms with Crippen molar-refractivity contribution in [1.82, 2.24) is 24.6 Å². The van der Waals surface area contributed by atoms with Gasteiger partial charge in [0.15, 0.2) is 0 Å². The number of primary amides is 1. The Hall–Kier alpha value is -3.10. The molecule has 3 amide bonds. The number of rotatable bonds is 4. The van der Waals surface area contributed by atoms with Gasteiger partial charge in [-0.2, -0.15) is 5.10 Å². The summed E-state index contributed by atoms with van der Waals surface area (Å²) >= 11 is 0. The minimum Gasteiger partial charge on any atom is -0.352 e. The molecule has 2 aromatic rings. The number of carbonyl (C=O) groups excluding carboxylic acids is 2. The van der Waals surface area contributed by atoms with Gasteiger partial charge in [-0.15, -0.1) is 0 Å². The average molecular weight is 358 g/mol. The van der Waals surface area contributed by atoms with E-state index in [0.717, 1.165) is 18.5 Å². The number of carbonyl (C=O) groups is 2. The Kier molecular flexibility index (Phi) is 5.06. The summed E-state index contributed by atoms with van der Waals surface area (Å²) in [6.45, 7) is 0.927. The number of hydrogen-bond donors (Lipinski definition) is 2. The number of aryl methyl sites for hydroxylation is 1. The normalized spacial score (nSPS) is 17.1. The summed E-state index contributed by atoms with van der Waals surface area (Å²) in [6, 6.07) is 8.60. The number of nitrogens with two attached hydrogens (primary N) is 1. The van der Waals surface area contributed by atoms with Crippen molar-refractivity contribution < 1.29 is 9.59 Å². The van der Waals surface area contributed by atoms with Crippen molar-refractivity contribution in [1.29, 1.82) is 0 Å². The number of piperidine rings is 1.